The van der Waals surface area contributed by atoms with Gasteiger partial charge in [-0.2, -0.15) is 0 Å². The van der Waals surface area contributed by atoms with E-state index < -0.39 is 52.9 Å². The van der Waals surface area contributed by atoms with Crippen LogP contribution in [-0.2, 0) is 22.6 Å². The molecule has 10 heteroatoms. The van der Waals surface area contributed by atoms with Gasteiger partial charge >= 0.3 is 11.6 Å². The van der Waals surface area contributed by atoms with Crippen LogP contribution in [0.3, 0.4) is 0 Å². The molecular weight excluding hydrogens is 451 g/mol. The maximum Gasteiger partial charge on any atom is 0.336 e. The molecule has 0 saturated heterocycles. The number of hydrogen-bond acceptors (Lipinski definition) is 5. The normalized spacial score (nSPS) is 11.3. The topological polar surface area (TPSA) is 65.7 Å². The van der Waals surface area contributed by atoms with Crippen LogP contribution in [0.25, 0.3) is 11.0 Å². The standard InChI is InChI=1S/C23H19F5O5/c1-10(2)32-17(29)5-4-12-7-13-11(3)6-18(30)33-16(13)8-15(12)31-9-14-19(24)21(26)23(28)22(27)20(14)25/h6-8,10H,4-5,9H2,1-3H3. The first-order valence-corrected chi connectivity index (χ1v) is 9.89. The van der Waals surface area contributed by atoms with E-state index in [-0.39, 0.29) is 30.3 Å². The van der Waals surface area contributed by atoms with Gasteiger partial charge in [-0.25, -0.2) is 26.7 Å². The number of carbonyl (C=O) groups is 1. The number of fused-ring (bicyclic) bond motifs is 1. The molecule has 0 saturated carbocycles. The second-order valence-corrected chi connectivity index (χ2v) is 7.58. The van der Waals surface area contributed by atoms with Crippen molar-refractivity contribution in [1.29, 1.82) is 0 Å². The SMILES string of the molecule is Cc1cc(=O)oc2cc(OCc3c(F)c(F)c(F)c(F)c3F)c(CCC(=O)OC(C)C)cc12. The number of hydrogen-bond donors (Lipinski definition) is 0. The van der Waals surface area contributed by atoms with Crippen LogP contribution in [0.15, 0.2) is 27.4 Å². The molecular formula is C23H19F5O5. The van der Waals surface area contributed by atoms with Gasteiger partial charge in [-0.1, -0.05) is 0 Å². The van der Waals surface area contributed by atoms with E-state index in [0.717, 1.165) is 0 Å². The zero-order valence-corrected chi connectivity index (χ0v) is 17.9. The van der Waals surface area contributed by atoms with Crippen molar-refractivity contribution >= 4 is 16.9 Å². The summed E-state index contributed by atoms with van der Waals surface area (Å²) in [5, 5.41) is 0.519. The highest BCUT2D eigenvalue weighted by Gasteiger charge is 2.26. The van der Waals surface area contributed by atoms with Gasteiger partial charge in [-0.15, -0.1) is 0 Å². The smallest absolute Gasteiger partial charge is 0.336 e. The third-order valence-corrected chi connectivity index (χ3v) is 4.77. The van der Waals surface area contributed by atoms with Crippen molar-refractivity contribution in [3.05, 3.63) is 74.4 Å². The zero-order chi connectivity index (χ0) is 24.4. The number of halogens is 5. The Morgan fingerprint density at radius 2 is 1.58 bits per heavy atom. The molecule has 0 bridgehead atoms. The van der Waals surface area contributed by atoms with Crippen LogP contribution >= 0.6 is 0 Å². The highest BCUT2D eigenvalue weighted by atomic mass is 19.2. The predicted molar refractivity (Wildman–Crippen MR) is 107 cm³/mol. The summed E-state index contributed by atoms with van der Waals surface area (Å²) in [6.07, 6.45) is -0.333. The Balaban J connectivity index is 2.00. The van der Waals surface area contributed by atoms with Crippen molar-refractivity contribution in [2.45, 2.75) is 46.3 Å². The van der Waals surface area contributed by atoms with Crippen LogP contribution in [0.5, 0.6) is 5.75 Å². The second-order valence-electron chi connectivity index (χ2n) is 7.58. The summed E-state index contributed by atoms with van der Waals surface area (Å²) in [4.78, 5) is 23.7. The average Bonchev–Trinajstić information content (AvgIpc) is 2.74. The van der Waals surface area contributed by atoms with Gasteiger partial charge in [0.05, 0.1) is 11.7 Å². The van der Waals surface area contributed by atoms with Crippen LogP contribution in [0.4, 0.5) is 22.0 Å². The van der Waals surface area contributed by atoms with E-state index in [0.29, 0.717) is 16.5 Å². The van der Waals surface area contributed by atoms with Gasteiger partial charge in [0.1, 0.15) is 17.9 Å². The summed E-state index contributed by atoms with van der Waals surface area (Å²) in [6.45, 7) is 4.01. The number of carbonyl (C=O) groups excluding carboxylic acids is 1. The number of esters is 1. The van der Waals surface area contributed by atoms with E-state index >= 15 is 0 Å². The minimum absolute atomic E-state index is 0.0578. The second kappa shape index (κ2) is 9.60. The molecule has 0 aliphatic heterocycles. The van der Waals surface area contributed by atoms with Crippen molar-refractivity contribution in [2.75, 3.05) is 0 Å². The average molecular weight is 470 g/mol. The lowest BCUT2D eigenvalue weighted by Crippen LogP contribution is -2.13. The largest absolute Gasteiger partial charge is 0.488 e. The van der Waals surface area contributed by atoms with Crippen LogP contribution in [0.1, 0.15) is 37.0 Å². The fourth-order valence-electron chi connectivity index (χ4n) is 3.21. The predicted octanol–water partition coefficient (Wildman–Crippen LogP) is 5.26. The molecule has 0 spiro atoms. The number of rotatable bonds is 7. The summed E-state index contributed by atoms with van der Waals surface area (Å²) in [5.74, 6) is -11.1. The van der Waals surface area contributed by atoms with E-state index in [1.165, 1.54) is 12.1 Å². The van der Waals surface area contributed by atoms with Crippen LogP contribution < -0.4 is 10.4 Å². The molecule has 0 fully saturated rings. The monoisotopic (exact) mass is 470 g/mol. The van der Waals surface area contributed by atoms with Crippen molar-refractivity contribution in [3.8, 4) is 5.75 Å². The molecule has 0 unspecified atom stereocenters. The van der Waals surface area contributed by atoms with Gasteiger partial charge in [-0.05, 0) is 44.4 Å². The first-order chi connectivity index (χ1) is 15.5. The van der Waals surface area contributed by atoms with Crippen molar-refractivity contribution in [3.63, 3.8) is 0 Å². The van der Waals surface area contributed by atoms with Crippen molar-refractivity contribution in [2.24, 2.45) is 0 Å². The zero-order valence-electron chi connectivity index (χ0n) is 17.9. The Morgan fingerprint density at radius 1 is 0.970 bits per heavy atom. The van der Waals surface area contributed by atoms with E-state index in [9.17, 15) is 31.5 Å². The molecule has 5 nitrogen and oxygen atoms in total. The molecule has 0 aliphatic carbocycles. The summed E-state index contributed by atoms with van der Waals surface area (Å²) in [7, 11) is 0. The molecule has 0 N–H and O–H groups in total. The maximum absolute atomic E-state index is 14.0. The van der Waals surface area contributed by atoms with Crippen molar-refractivity contribution in [1.82, 2.24) is 0 Å². The fourth-order valence-corrected chi connectivity index (χ4v) is 3.21. The Bertz CT molecular complexity index is 1250. The highest BCUT2D eigenvalue weighted by Crippen LogP contribution is 2.30. The third-order valence-electron chi connectivity index (χ3n) is 4.77. The van der Waals surface area contributed by atoms with E-state index in [1.807, 2.05) is 0 Å². The van der Waals surface area contributed by atoms with Gasteiger partial charge in [0.15, 0.2) is 23.3 Å². The van der Waals surface area contributed by atoms with E-state index in [4.69, 9.17) is 13.9 Å². The first-order valence-electron chi connectivity index (χ1n) is 9.89. The highest BCUT2D eigenvalue weighted by molar-refractivity contribution is 5.83. The van der Waals surface area contributed by atoms with Crippen LogP contribution in [-0.4, -0.2) is 12.1 Å². The molecule has 3 aromatic rings. The van der Waals surface area contributed by atoms with Gasteiger partial charge in [0.2, 0.25) is 5.82 Å². The molecule has 2 aromatic carbocycles. The summed E-state index contributed by atoms with van der Waals surface area (Å²) >= 11 is 0. The minimum atomic E-state index is -2.28. The van der Waals surface area contributed by atoms with E-state index in [1.54, 1.807) is 26.8 Å². The van der Waals surface area contributed by atoms with Gasteiger partial charge in [0.25, 0.3) is 0 Å². The van der Waals surface area contributed by atoms with Gasteiger partial charge in [0, 0.05) is 23.9 Å². The fraction of sp³-hybridized carbons (Fsp3) is 0.304. The number of benzene rings is 2. The van der Waals surface area contributed by atoms with Gasteiger partial charge < -0.3 is 13.9 Å². The molecule has 3 rings (SSSR count). The quantitative estimate of drug-likeness (QED) is 0.155. The Morgan fingerprint density at radius 3 is 2.18 bits per heavy atom. The summed E-state index contributed by atoms with van der Waals surface area (Å²) in [6, 6.07) is 4.08. The van der Waals surface area contributed by atoms with E-state index in [2.05, 4.69) is 0 Å². The summed E-state index contributed by atoms with van der Waals surface area (Å²) < 4.78 is 83.9. The molecule has 176 valence electrons. The molecule has 0 radical (unpaired) electrons. The van der Waals surface area contributed by atoms with Crippen LogP contribution in [0, 0.1) is 36.0 Å². The maximum atomic E-state index is 14.0. The van der Waals surface area contributed by atoms with Crippen LogP contribution in [0.2, 0.25) is 0 Å². The third kappa shape index (κ3) is 5.15. The molecule has 1 aromatic heterocycles. The Labute approximate surface area is 184 Å². The Kier molecular flexibility index (Phi) is 7.04. The first kappa shape index (κ1) is 24.2. The molecule has 33 heavy (non-hydrogen) atoms. The molecule has 1 heterocycles. The lowest BCUT2D eigenvalue weighted by Gasteiger charge is -2.15. The molecule has 0 aliphatic rings. The summed E-state index contributed by atoms with van der Waals surface area (Å²) in [5.41, 5.74) is -0.787. The minimum Gasteiger partial charge on any atom is -0.488 e. The Hall–Kier alpha value is -3.43. The lowest BCUT2D eigenvalue weighted by molar-refractivity contribution is -0.147. The number of ether oxygens (including phenoxy) is 2. The lowest BCUT2D eigenvalue weighted by atomic mass is 10.0. The van der Waals surface area contributed by atoms with Crippen molar-refractivity contribution < 1.29 is 40.6 Å². The molecule has 0 atom stereocenters. The van der Waals surface area contributed by atoms with Gasteiger partial charge in [-0.3, -0.25) is 4.79 Å². The number of aryl methyl sites for hydroxylation is 2. The molecule has 0 amide bonds.